The van der Waals surface area contributed by atoms with E-state index in [1.165, 1.54) is 0 Å². The van der Waals surface area contributed by atoms with Gasteiger partial charge in [0.1, 0.15) is 11.6 Å². The van der Waals surface area contributed by atoms with Crippen LogP contribution in [0.1, 0.15) is 27.3 Å². The highest BCUT2D eigenvalue weighted by atomic mass is 16.4. The first kappa shape index (κ1) is 23.9. The first-order valence-electron chi connectivity index (χ1n) is 13.2. The van der Waals surface area contributed by atoms with Crippen molar-refractivity contribution in [3.8, 4) is 17.1 Å². The van der Waals surface area contributed by atoms with E-state index in [0.29, 0.717) is 12.2 Å². The highest BCUT2D eigenvalue weighted by Gasteiger charge is 2.17. The molecule has 0 saturated carbocycles. The number of fused-ring (bicyclic) bond motifs is 3. The van der Waals surface area contributed by atoms with Gasteiger partial charge in [-0.15, -0.1) is 0 Å². The summed E-state index contributed by atoms with van der Waals surface area (Å²) in [7, 11) is 2.06. The number of para-hydroxylation sites is 3. The van der Waals surface area contributed by atoms with Crippen molar-refractivity contribution in [1.29, 1.82) is 0 Å². The minimum absolute atomic E-state index is 0.274. The molecule has 7 nitrogen and oxygen atoms in total. The van der Waals surface area contributed by atoms with Gasteiger partial charge in [-0.1, -0.05) is 30.3 Å². The maximum atomic E-state index is 11.8. The zero-order chi connectivity index (χ0) is 27.5. The van der Waals surface area contributed by atoms with E-state index in [1.54, 1.807) is 12.1 Å². The molecule has 0 fully saturated rings. The third kappa shape index (κ3) is 3.70. The Morgan fingerprint density at radius 3 is 2.48 bits per heavy atom. The Hall–Kier alpha value is -5.17. The standard InChI is InChI=1S/C33H27N5O2/c1-20-16-24(32-35-26-9-5-7-11-29(26)36(32)3)18-30-31(20)34-21(2)38(30)19-22-12-13-27-23(17-22)14-15-37(27)28-10-6-4-8-25(28)33(39)40/h4-18H,19H2,1-3H3,(H,39,40). The summed E-state index contributed by atoms with van der Waals surface area (Å²) in [5, 5.41) is 10.7. The molecule has 0 bridgehead atoms. The number of benzene rings is 4. The maximum Gasteiger partial charge on any atom is 0.337 e. The van der Waals surface area contributed by atoms with E-state index >= 15 is 0 Å². The number of carboxylic acid groups (broad SMARTS) is 1. The molecule has 0 aliphatic heterocycles. The third-order valence-electron chi connectivity index (χ3n) is 7.77. The molecule has 7 rings (SSSR count). The number of carboxylic acids is 1. The summed E-state index contributed by atoms with van der Waals surface area (Å²) in [5.41, 5.74) is 9.37. The minimum Gasteiger partial charge on any atom is -0.478 e. The second kappa shape index (κ2) is 8.95. The normalized spacial score (nSPS) is 11.7. The Morgan fingerprint density at radius 2 is 1.65 bits per heavy atom. The molecule has 0 radical (unpaired) electrons. The van der Waals surface area contributed by atoms with Gasteiger partial charge in [-0.05, 0) is 79.6 Å². The highest BCUT2D eigenvalue weighted by molar-refractivity contribution is 5.94. The molecule has 7 heteroatoms. The molecule has 0 saturated heterocycles. The number of aryl methyl sites for hydroxylation is 3. The summed E-state index contributed by atoms with van der Waals surface area (Å²) in [4.78, 5) is 21.6. The van der Waals surface area contributed by atoms with E-state index in [-0.39, 0.29) is 5.56 Å². The van der Waals surface area contributed by atoms with E-state index in [0.717, 1.165) is 61.3 Å². The van der Waals surface area contributed by atoms with Crippen molar-refractivity contribution in [2.45, 2.75) is 20.4 Å². The van der Waals surface area contributed by atoms with Gasteiger partial charge in [-0.2, -0.15) is 0 Å². The van der Waals surface area contributed by atoms with Crippen LogP contribution in [0.2, 0.25) is 0 Å². The molecule has 0 amide bonds. The van der Waals surface area contributed by atoms with Gasteiger partial charge in [0.2, 0.25) is 0 Å². The van der Waals surface area contributed by atoms with Crippen molar-refractivity contribution >= 4 is 38.9 Å². The van der Waals surface area contributed by atoms with Crippen molar-refractivity contribution in [2.24, 2.45) is 7.05 Å². The second-order valence-electron chi connectivity index (χ2n) is 10.3. The van der Waals surface area contributed by atoms with Crippen LogP contribution in [0.15, 0.2) is 91.1 Å². The molecule has 0 aliphatic rings. The first-order chi connectivity index (χ1) is 19.4. The predicted molar refractivity (Wildman–Crippen MR) is 158 cm³/mol. The molecule has 4 aromatic carbocycles. The van der Waals surface area contributed by atoms with E-state index < -0.39 is 5.97 Å². The number of rotatable bonds is 5. The van der Waals surface area contributed by atoms with E-state index in [1.807, 2.05) is 54.1 Å². The smallest absolute Gasteiger partial charge is 0.337 e. The average molecular weight is 526 g/mol. The van der Waals surface area contributed by atoms with Crippen LogP contribution in [0.5, 0.6) is 0 Å². The zero-order valence-electron chi connectivity index (χ0n) is 22.5. The molecular weight excluding hydrogens is 498 g/mol. The number of hydrogen-bond acceptors (Lipinski definition) is 3. The van der Waals surface area contributed by atoms with Crippen LogP contribution in [-0.2, 0) is 13.6 Å². The number of nitrogens with zero attached hydrogens (tertiary/aromatic N) is 5. The number of aromatic carboxylic acids is 1. The van der Waals surface area contributed by atoms with E-state index in [9.17, 15) is 9.90 Å². The fraction of sp³-hybridized carbons (Fsp3) is 0.121. The third-order valence-corrected chi connectivity index (χ3v) is 7.77. The second-order valence-corrected chi connectivity index (χ2v) is 10.3. The van der Waals surface area contributed by atoms with Gasteiger partial charge >= 0.3 is 5.97 Å². The monoisotopic (exact) mass is 525 g/mol. The first-order valence-corrected chi connectivity index (χ1v) is 13.2. The van der Waals surface area contributed by atoms with Crippen LogP contribution in [0, 0.1) is 13.8 Å². The van der Waals surface area contributed by atoms with E-state index in [2.05, 4.69) is 59.5 Å². The fourth-order valence-corrected chi connectivity index (χ4v) is 5.79. The Morgan fingerprint density at radius 1 is 0.850 bits per heavy atom. The molecule has 1 N–H and O–H groups in total. The molecule has 0 unspecified atom stereocenters. The lowest BCUT2D eigenvalue weighted by atomic mass is 10.1. The van der Waals surface area contributed by atoms with Crippen LogP contribution in [0.4, 0.5) is 0 Å². The van der Waals surface area contributed by atoms with Crippen LogP contribution >= 0.6 is 0 Å². The van der Waals surface area contributed by atoms with Crippen LogP contribution in [0.25, 0.3) is 50.0 Å². The van der Waals surface area contributed by atoms with Crippen molar-refractivity contribution in [3.63, 3.8) is 0 Å². The summed E-state index contributed by atoms with van der Waals surface area (Å²) in [6.07, 6.45) is 1.93. The van der Waals surface area contributed by atoms with Gasteiger partial charge in [-0.3, -0.25) is 0 Å². The van der Waals surface area contributed by atoms with Crippen LogP contribution in [-0.4, -0.2) is 34.7 Å². The largest absolute Gasteiger partial charge is 0.478 e. The molecule has 3 aromatic heterocycles. The van der Waals surface area contributed by atoms with Crippen molar-refractivity contribution in [3.05, 3.63) is 114 Å². The summed E-state index contributed by atoms with van der Waals surface area (Å²) in [6, 6.07) is 28.0. The Labute approximate surface area is 230 Å². The van der Waals surface area contributed by atoms with Crippen molar-refractivity contribution in [1.82, 2.24) is 23.7 Å². The van der Waals surface area contributed by atoms with Gasteiger partial charge in [-0.25, -0.2) is 14.8 Å². The zero-order valence-corrected chi connectivity index (χ0v) is 22.5. The molecular formula is C33H27N5O2. The summed E-state index contributed by atoms with van der Waals surface area (Å²) >= 11 is 0. The lowest BCUT2D eigenvalue weighted by Crippen LogP contribution is -2.04. The van der Waals surface area contributed by atoms with Gasteiger partial charge in [0.25, 0.3) is 0 Å². The Bertz CT molecular complexity index is 2110. The van der Waals surface area contributed by atoms with Gasteiger partial charge < -0.3 is 18.8 Å². The topological polar surface area (TPSA) is 77.9 Å². The molecule has 3 heterocycles. The molecule has 0 aliphatic carbocycles. The maximum absolute atomic E-state index is 11.8. The molecule has 0 atom stereocenters. The minimum atomic E-state index is -0.940. The van der Waals surface area contributed by atoms with Crippen LogP contribution < -0.4 is 0 Å². The number of aromatic nitrogens is 5. The number of hydrogen-bond donors (Lipinski definition) is 1. The van der Waals surface area contributed by atoms with Gasteiger partial charge in [0.05, 0.1) is 38.8 Å². The average Bonchev–Trinajstić information content (AvgIpc) is 3.62. The van der Waals surface area contributed by atoms with E-state index in [4.69, 9.17) is 9.97 Å². The molecule has 196 valence electrons. The lowest BCUT2D eigenvalue weighted by molar-refractivity contribution is 0.0697. The molecule has 40 heavy (non-hydrogen) atoms. The summed E-state index contributed by atoms with van der Waals surface area (Å²) in [6.45, 7) is 4.82. The summed E-state index contributed by atoms with van der Waals surface area (Å²) in [5.74, 6) is 0.944. The van der Waals surface area contributed by atoms with Crippen molar-refractivity contribution in [2.75, 3.05) is 0 Å². The van der Waals surface area contributed by atoms with Gasteiger partial charge in [0.15, 0.2) is 0 Å². The predicted octanol–water partition coefficient (Wildman–Crippen LogP) is 6.90. The van der Waals surface area contributed by atoms with Crippen LogP contribution in [0.3, 0.4) is 0 Å². The number of carbonyl (C=O) groups is 1. The van der Waals surface area contributed by atoms with Crippen molar-refractivity contribution < 1.29 is 9.90 Å². The Balaban J connectivity index is 1.30. The highest BCUT2D eigenvalue weighted by Crippen LogP contribution is 2.31. The molecule has 7 aromatic rings. The summed E-state index contributed by atoms with van der Waals surface area (Å²) < 4.78 is 6.34. The lowest BCUT2D eigenvalue weighted by Gasteiger charge is -2.11. The van der Waals surface area contributed by atoms with Gasteiger partial charge in [0, 0.05) is 30.7 Å². The number of imidazole rings is 2. The Kier molecular flexibility index (Phi) is 5.35. The fourth-order valence-electron chi connectivity index (χ4n) is 5.79. The molecule has 0 spiro atoms. The SMILES string of the molecule is Cc1cc(-c2nc3ccccc3n2C)cc2c1nc(C)n2Cc1ccc2c(ccn2-c2ccccc2C(=O)O)c1. The quantitative estimate of drug-likeness (QED) is 0.265.